The minimum Gasteiger partial charge on any atom is -0.507 e. The van der Waals surface area contributed by atoms with Crippen molar-refractivity contribution in [3.05, 3.63) is 101 Å². The smallest absolute Gasteiger partial charge is 0.193 e. The number of carbonyl (C=O) groups is 1. The van der Waals surface area contributed by atoms with E-state index in [1.807, 2.05) is 60.7 Å². The molecule has 0 aromatic heterocycles. The van der Waals surface area contributed by atoms with E-state index in [0.717, 1.165) is 42.4 Å². The average Bonchev–Trinajstić information content (AvgIpc) is 2.76. The summed E-state index contributed by atoms with van der Waals surface area (Å²) >= 11 is 0. The molecule has 0 amide bonds. The summed E-state index contributed by atoms with van der Waals surface area (Å²) in [5.41, 5.74) is 4.26. The summed E-state index contributed by atoms with van der Waals surface area (Å²) in [6, 6.07) is 23.4. The Morgan fingerprint density at radius 2 is 1.46 bits per heavy atom. The molecule has 0 unspecified atom stereocenters. The van der Waals surface area contributed by atoms with Gasteiger partial charge in [0.15, 0.2) is 5.78 Å². The maximum absolute atomic E-state index is 13.2. The molecule has 4 rings (SSSR count). The van der Waals surface area contributed by atoms with Crippen LogP contribution in [0.2, 0.25) is 0 Å². The Balaban J connectivity index is 1.77. The lowest BCUT2D eigenvalue weighted by Crippen LogP contribution is -2.13. The van der Waals surface area contributed by atoms with Crippen LogP contribution in [0.5, 0.6) is 5.75 Å². The third-order valence-electron chi connectivity index (χ3n) is 5.83. The standard InChI is InChI=1S/C26H26O2/c27-25(21-14-8-3-9-15-21)23-17-16-22(18-19-10-4-1-5-11-19)26(28)24(23)20-12-6-2-7-13-20/h1,3-5,8-11,14-17,20,28H,2,6-7,12-13,18H2. The fraction of sp³-hybridized carbons (Fsp3) is 0.269. The first-order valence-electron chi connectivity index (χ1n) is 10.2. The summed E-state index contributed by atoms with van der Waals surface area (Å²) in [6.07, 6.45) is 6.31. The minimum atomic E-state index is 0.00253. The van der Waals surface area contributed by atoms with E-state index in [1.54, 1.807) is 0 Å². The molecule has 2 heteroatoms. The number of benzene rings is 3. The summed E-state index contributed by atoms with van der Waals surface area (Å²) in [5, 5.41) is 11.2. The molecule has 1 N–H and O–H groups in total. The highest BCUT2D eigenvalue weighted by Gasteiger charge is 2.26. The van der Waals surface area contributed by atoms with Crippen molar-refractivity contribution in [1.29, 1.82) is 0 Å². The van der Waals surface area contributed by atoms with E-state index in [2.05, 4.69) is 12.1 Å². The van der Waals surface area contributed by atoms with Gasteiger partial charge in [0.1, 0.15) is 5.75 Å². The van der Waals surface area contributed by atoms with E-state index in [9.17, 15) is 9.90 Å². The van der Waals surface area contributed by atoms with Crippen LogP contribution in [0.25, 0.3) is 0 Å². The fourth-order valence-corrected chi connectivity index (χ4v) is 4.36. The first kappa shape index (κ1) is 18.5. The van der Waals surface area contributed by atoms with Crippen LogP contribution in [0.1, 0.15) is 70.6 Å². The summed E-state index contributed by atoms with van der Waals surface area (Å²) in [5.74, 6) is 0.576. The second-order valence-electron chi connectivity index (χ2n) is 7.73. The Morgan fingerprint density at radius 1 is 0.821 bits per heavy atom. The van der Waals surface area contributed by atoms with Crippen molar-refractivity contribution in [3.63, 3.8) is 0 Å². The molecule has 1 fully saturated rings. The van der Waals surface area contributed by atoms with Crippen LogP contribution in [-0.4, -0.2) is 10.9 Å². The van der Waals surface area contributed by atoms with E-state index < -0.39 is 0 Å². The van der Waals surface area contributed by atoms with E-state index in [0.29, 0.717) is 23.3 Å². The van der Waals surface area contributed by atoms with Gasteiger partial charge in [0.25, 0.3) is 0 Å². The van der Waals surface area contributed by atoms with Gasteiger partial charge in [-0.05, 0) is 29.9 Å². The first-order chi connectivity index (χ1) is 13.7. The molecule has 1 aliphatic carbocycles. The lowest BCUT2D eigenvalue weighted by atomic mass is 9.79. The molecule has 0 heterocycles. The van der Waals surface area contributed by atoms with Crippen LogP contribution >= 0.6 is 0 Å². The number of phenolic OH excluding ortho intramolecular Hbond substituents is 1. The van der Waals surface area contributed by atoms with Crippen molar-refractivity contribution in [1.82, 2.24) is 0 Å². The van der Waals surface area contributed by atoms with E-state index in [4.69, 9.17) is 0 Å². The molecular formula is C26H26O2. The zero-order chi connectivity index (χ0) is 19.3. The highest BCUT2D eigenvalue weighted by molar-refractivity contribution is 6.10. The molecule has 3 aromatic carbocycles. The van der Waals surface area contributed by atoms with E-state index in [-0.39, 0.29) is 11.7 Å². The Morgan fingerprint density at radius 3 is 2.14 bits per heavy atom. The lowest BCUT2D eigenvalue weighted by Gasteiger charge is -2.26. The third kappa shape index (κ3) is 3.87. The van der Waals surface area contributed by atoms with Gasteiger partial charge in [0.2, 0.25) is 0 Å². The molecule has 0 atom stereocenters. The maximum atomic E-state index is 13.2. The topological polar surface area (TPSA) is 37.3 Å². The molecule has 0 aliphatic heterocycles. The Bertz CT molecular complexity index is 939. The molecule has 0 radical (unpaired) electrons. The highest BCUT2D eigenvalue weighted by Crippen LogP contribution is 2.41. The monoisotopic (exact) mass is 370 g/mol. The fourth-order valence-electron chi connectivity index (χ4n) is 4.36. The van der Waals surface area contributed by atoms with Gasteiger partial charge in [-0.15, -0.1) is 0 Å². The molecule has 0 saturated heterocycles. The van der Waals surface area contributed by atoms with Gasteiger partial charge in [-0.2, -0.15) is 0 Å². The van der Waals surface area contributed by atoms with Crippen LogP contribution in [0.15, 0.2) is 72.8 Å². The Hall–Kier alpha value is -2.87. The minimum absolute atomic E-state index is 0.00253. The average molecular weight is 370 g/mol. The van der Waals surface area contributed by atoms with Gasteiger partial charge in [-0.1, -0.05) is 92.1 Å². The molecular weight excluding hydrogens is 344 g/mol. The zero-order valence-electron chi connectivity index (χ0n) is 16.1. The number of ketones is 1. The summed E-state index contributed by atoms with van der Waals surface area (Å²) in [4.78, 5) is 13.2. The van der Waals surface area contributed by atoms with Gasteiger partial charge >= 0.3 is 0 Å². The maximum Gasteiger partial charge on any atom is 0.193 e. The summed E-state index contributed by atoms with van der Waals surface area (Å²) in [6.45, 7) is 0. The molecule has 1 saturated carbocycles. The second-order valence-corrected chi connectivity index (χ2v) is 7.73. The van der Waals surface area contributed by atoms with Crippen LogP contribution in [0.3, 0.4) is 0 Å². The summed E-state index contributed by atoms with van der Waals surface area (Å²) in [7, 11) is 0. The zero-order valence-corrected chi connectivity index (χ0v) is 16.1. The largest absolute Gasteiger partial charge is 0.507 e. The first-order valence-corrected chi connectivity index (χ1v) is 10.2. The van der Waals surface area contributed by atoms with Crippen LogP contribution in [0, 0.1) is 0 Å². The van der Waals surface area contributed by atoms with Crippen molar-refractivity contribution in [2.24, 2.45) is 0 Å². The van der Waals surface area contributed by atoms with Crippen LogP contribution in [0.4, 0.5) is 0 Å². The number of aromatic hydroxyl groups is 1. The third-order valence-corrected chi connectivity index (χ3v) is 5.83. The number of hydrogen-bond donors (Lipinski definition) is 1. The highest BCUT2D eigenvalue weighted by atomic mass is 16.3. The molecule has 1 aliphatic rings. The molecule has 28 heavy (non-hydrogen) atoms. The molecule has 0 bridgehead atoms. The number of hydrogen-bond acceptors (Lipinski definition) is 2. The molecule has 3 aromatic rings. The number of rotatable bonds is 5. The second kappa shape index (κ2) is 8.43. The van der Waals surface area contributed by atoms with Crippen LogP contribution < -0.4 is 0 Å². The molecule has 0 spiro atoms. The number of carbonyl (C=O) groups excluding carboxylic acids is 1. The van der Waals surface area contributed by atoms with Crippen molar-refractivity contribution < 1.29 is 9.90 Å². The van der Waals surface area contributed by atoms with Gasteiger partial charge < -0.3 is 5.11 Å². The van der Waals surface area contributed by atoms with Gasteiger partial charge in [0, 0.05) is 23.1 Å². The normalized spacial score (nSPS) is 14.7. The number of phenols is 1. The van der Waals surface area contributed by atoms with E-state index >= 15 is 0 Å². The summed E-state index contributed by atoms with van der Waals surface area (Å²) < 4.78 is 0. The van der Waals surface area contributed by atoms with E-state index in [1.165, 1.54) is 6.42 Å². The Labute approximate surface area is 166 Å². The van der Waals surface area contributed by atoms with Crippen molar-refractivity contribution in [2.45, 2.75) is 44.4 Å². The molecule has 2 nitrogen and oxygen atoms in total. The lowest BCUT2D eigenvalue weighted by molar-refractivity contribution is 0.103. The predicted octanol–water partition coefficient (Wildman–Crippen LogP) is 6.26. The van der Waals surface area contributed by atoms with Crippen molar-refractivity contribution in [3.8, 4) is 5.75 Å². The predicted molar refractivity (Wildman–Crippen MR) is 113 cm³/mol. The van der Waals surface area contributed by atoms with Gasteiger partial charge in [0.05, 0.1) is 0 Å². The molecule has 142 valence electrons. The van der Waals surface area contributed by atoms with Crippen molar-refractivity contribution in [2.75, 3.05) is 0 Å². The van der Waals surface area contributed by atoms with Gasteiger partial charge in [-0.3, -0.25) is 4.79 Å². The quantitative estimate of drug-likeness (QED) is 0.538. The van der Waals surface area contributed by atoms with Crippen molar-refractivity contribution >= 4 is 5.78 Å². The van der Waals surface area contributed by atoms with Gasteiger partial charge in [-0.25, -0.2) is 0 Å². The SMILES string of the molecule is O=C(c1ccccc1)c1ccc(Cc2ccccc2)c(O)c1C1CCCCC1. The Kier molecular flexibility index (Phi) is 5.57. The van der Waals surface area contributed by atoms with Crippen LogP contribution in [-0.2, 0) is 6.42 Å².